The van der Waals surface area contributed by atoms with Gasteiger partial charge >= 0.3 is 0 Å². The summed E-state index contributed by atoms with van der Waals surface area (Å²) >= 11 is 0. The number of hydrogen-bond donors (Lipinski definition) is 1. The lowest BCUT2D eigenvalue weighted by molar-refractivity contribution is 0.520. The lowest BCUT2D eigenvalue weighted by Crippen LogP contribution is -2.35. The quantitative estimate of drug-likeness (QED) is 0.885. The molecule has 0 saturated heterocycles. The second-order valence-corrected chi connectivity index (χ2v) is 5.81. The average Bonchev–Trinajstić information content (AvgIpc) is 2.82. The first-order valence-corrected chi connectivity index (χ1v) is 7.09. The van der Waals surface area contributed by atoms with Crippen molar-refractivity contribution in [2.24, 2.45) is 0 Å². The topological polar surface area (TPSA) is 64.0 Å². The molecule has 0 unspecified atom stereocenters. The molecule has 1 atom stereocenters. The molecule has 0 aliphatic heterocycles. The Morgan fingerprint density at radius 2 is 2.06 bits per heavy atom. The Labute approximate surface area is 107 Å². The Morgan fingerprint density at radius 3 is 2.67 bits per heavy atom. The Balaban J connectivity index is 2.05. The smallest absolute Gasteiger partial charge is 0.240 e. The molecule has 0 bridgehead atoms. The van der Waals surface area contributed by atoms with Crippen LogP contribution in [0.25, 0.3) is 0 Å². The van der Waals surface area contributed by atoms with Crippen molar-refractivity contribution in [3.05, 3.63) is 49.1 Å². The molecule has 1 aromatic carbocycles. The van der Waals surface area contributed by atoms with Gasteiger partial charge in [-0.1, -0.05) is 18.2 Å². The normalized spacial score (nSPS) is 13.4. The summed E-state index contributed by atoms with van der Waals surface area (Å²) in [6.45, 7) is 2.37. The molecule has 5 nitrogen and oxygen atoms in total. The predicted molar refractivity (Wildman–Crippen MR) is 68.5 cm³/mol. The van der Waals surface area contributed by atoms with Gasteiger partial charge in [0.1, 0.15) is 0 Å². The molecule has 96 valence electrons. The molecular weight excluding hydrogens is 250 g/mol. The highest BCUT2D eigenvalue weighted by Crippen LogP contribution is 2.08. The fourth-order valence-corrected chi connectivity index (χ4v) is 2.94. The zero-order chi connectivity index (χ0) is 13.0. The SMILES string of the molecule is C[C@@H](Cn1ccnc1)NS(=O)(=O)c1ccccc1. The third-order valence-corrected chi connectivity index (χ3v) is 4.06. The number of benzene rings is 1. The van der Waals surface area contributed by atoms with Gasteiger partial charge in [0.05, 0.1) is 11.2 Å². The average molecular weight is 265 g/mol. The highest BCUT2D eigenvalue weighted by atomic mass is 32.2. The second kappa shape index (κ2) is 5.32. The predicted octanol–water partition coefficient (Wildman–Crippen LogP) is 1.25. The van der Waals surface area contributed by atoms with Crippen molar-refractivity contribution in [2.75, 3.05) is 0 Å². The summed E-state index contributed by atoms with van der Waals surface area (Å²) in [6.07, 6.45) is 5.12. The first kappa shape index (κ1) is 12.8. The van der Waals surface area contributed by atoms with E-state index in [1.807, 2.05) is 11.5 Å². The fourth-order valence-electron chi connectivity index (χ4n) is 1.68. The molecule has 1 heterocycles. The van der Waals surface area contributed by atoms with Crippen LogP contribution in [0.4, 0.5) is 0 Å². The van der Waals surface area contributed by atoms with Crippen molar-refractivity contribution in [1.82, 2.24) is 14.3 Å². The van der Waals surface area contributed by atoms with E-state index < -0.39 is 10.0 Å². The van der Waals surface area contributed by atoms with Gasteiger partial charge < -0.3 is 4.57 Å². The zero-order valence-corrected chi connectivity index (χ0v) is 10.8. The molecule has 0 amide bonds. The summed E-state index contributed by atoms with van der Waals surface area (Å²) in [5, 5.41) is 0. The number of rotatable bonds is 5. The molecule has 0 spiro atoms. The van der Waals surface area contributed by atoms with Gasteiger partial charge in [-0.3, -0.25) is 0 Å². The van der Waals surface area contributed by atoms with Crippen molar-refractivity contribution >= 4 is 10.0 Å². The van der Waals surface area contributed by atoms with Crippen LogP contribution in [-0.4, -0.2) is 24.0 Å². The molecule has 0 aliphatic rings. The van der Waals surface area contributed by atoms with Crippen LogP contribution in [0.2, 0.25) is 0 Å². The van der Waals surface area contributed by atoms with Gasteiger partial charge in [-0.15, -0.1) is 0 Å². The van der Waals surface area contributed by atoms with Gasteiger partial charge in [0.25, 0.3) is 0 Å². The van der Waals surface area contributed by atoms with E-state index in [0.717, 1.165) is 0 Å². The van der Waals surface area contributed by atoms with Crippen molar-refractivity contribution in [3.8, 4) is 0 Å². The minimum absolute atomic E-state index is 0.204. The molecule has 1 aromatic heterocycles. The van der Waals surface area contributed by atoms with Crippen LogP contribution >= 0.6 is 0 Å². The molecule has 0 fully saturated rings. The van der Waals surface area contributed by atoms with Crippen molar-refractivity contribution < 1.29 is 8.42 Å². The first-order chi connectivity index (χ1) is 8.58. The standard InChI is InChI=1S/C12H15N3O2S/c1-11(9-15-8-7-13-10-15)14-18(16,17)12-5-3-2-4-6-12/h2-8,10-11,14H,9H2,1H3/t11-/m0/s1. The fraction of sp³-hybridized carbons (Fsp3) is 0.250. The van der Waals surface area contributed by atoms with Gasteiger partial charge in [0.15, 0.2) is 0 Å². The van der Waals surface area contributed by atoms with Crippen LogP contribution in [0.3, 0.4) is 0 Å². The van der Waals surface area contributed by atoms with Crippen LogP contribution in [0.5, 0.6) is 0 Å². The molecule has 0 aliphatic carbocycles. The number of imidazole rings is 1. The Morgan fingerprint density at radius 1 is 1.33 bits per heavy atom. The van der Waals surface area contributed by atoms with Gasteiger partial charge in [0, 0.05) is 25.0 Å². The first-order valence-electron chi connectivity index (χ1n) is 5.61. The van der Waals surface area contributed by atoms with Crippen LogP contribution in [0, 0.1) is 0 Å². The molecule has 2 aromatic rings. The summed E-state index contributed by atoms with van der Waals surface area (Å²) in [5.41, 5.74) is 0. The van der Waals surface area contributed by atoms with Gasteiger partial charge in [-0.2, -0.15) is 0 Å². The maximum absolute atomic E-state index is 12.0. The Hall–Kier alpha value is -1.66. The third kappa shape index (κ3) is 3.18. The zero-order valence-electron chi connectivity index (χ0n) is 10.0. The monoisotopic (exact) mass is 265 g/mol. The number of sulfonamides is 1. The van der Waals surface area contributed by atoms with E-state index in [2.05, 4.69) is 9.71 Å². The molecule has 6 heteroatoms. The minimum Gasteiger partial charge on any atom is -0.336 e. The van der Waals surface area contributed by atoms with E-state index in [-0.39, 0.29) is 10.9 Å². The molecular formula is C12H15N3O2S. The van der Waals surface area contributed by atoms with Crippen molar-refractivity contribution in [2.45, 2.75) is 24.4 Å². The van der Waals surface area contributed by atoms with E-state index in [1.165, 1.54) is 0 Å². The lowest BCUT2D eigenvalue weighted by atomic mass is 10.4. The number of aromatic nitrogens is 2. The van der Waals surface area contributed by atoms with Crippen LogP contribution < -0.4 is 4.72 Å². The summed E-state index contributed by atoms with van der Waals surface area (Å²) in [4.78, 5) is 4.20. The van der Waals surface area contributed by atoms with Gasteiger partial charge in [-0.05, 0) is 19.1 Å². The van der Waals surface area contributed by atoms with Crippen LogP contribution in [-0.2, 0) is 16.6 Å². The molecule has 1 N–H and O–H groups in total. The van der Waals surface area contributed by atoms with E-state index in [9.17, 15) is 8.42 Å². The number of nitrogens with zero attached hydrogens (tertiary/aromatic N) is 2. The van der Waals surface area contributed by atoms with Gasteiger partial charge in [0.2, 0.25) is 10.0 Å². The maximum atomic E-state index is 12.0. The highest BCUT2D eigenvalue weighted by molar-refractivity contribution is 7.89. The Bertz CT molecular complexity index is 579. The van der Waals surface area contributed by atoms with Crippen molar-refractivity contribution in [3.63, 3.8) is 0 Å². The Kier molecular flexibility index (Phi) is 3.78. The minimum atomic E-state index is -3.45. The van der Waals surface area contributed by atoms with Crippen LogP contribution in [0.1, 0.15) is 6.92 Å². The van der Waals surface area contributed by atoms with E-state index >= 15 is 0 Å². The second-order valence-electron chi connectivity index (χ2n) is 4.09. The summed E-state index contributed by atoms with van der Waals surface area (Å²) in [5.74, 6) is 0. The summed E-state index contributed by atoms with van der Waals surface area (Å²) in [7, 11) is -3.45. The number of hydrogen-bond acceptors (Lipinski definition) is 3. The largest absolute Gasteiger partial charge is 0.336 e. The van der Waals surface area contributed by atoms with Crippen molar-refractivity contribution in [1.29, 1.82) is 0 Å². The van der Waals surface area contributed by atoms with E-state index in [1.54, 1.807) is 49.1 Å². The van der Waals surface area contributed by atoms with E-state index in [0.29, 0.717) is 6.54 Å². The van der Waals surface area contributed by atoms with Crippen LogP contribution in [0.15, 0.2) is 53.9 Å². The molecule has 2 rings (SSSR count). The van der Waals surface area contributed by atoms with Gasteiger partial charge in [-0.25, -0.2) is 18.1 Å². The molecule has 18 heavy (non-hydrogen) atoms. The summed E-state index contributed by atoms with van der Waals surface area (Å²) < 4.78 is 28.5. The number of nitrogens with one attached hydrogen (secondary N) is 1. The summed E-state index contributed by atoms with van der Waals surface area (Å²) in [6, 6.07) is 8.14. The lowest BCUT2D eigenvalue weighted by Gasteiger charge is -2.14. The molecule has 0 radical (unpaired) electrons. The highest BCUT2D eigenvalue weighted by Gasteiger charge is 2.16. The van der Waals surface area contributed by atoms with E-state index in [4.69, 9.17) is 0 Å². The third-order valence-electron chi connectivity index (χ3n) is 2.45. The maximum Gasteiger partial charge on any atom is 0.240 e. The molecule has 0 saturated carbocycles.